The lowest BCUT2D eigenvalue weighted by Crippen LogP contribution is -2.59. The van der Waals surface area contributed by atoms with Gasteiger partial charge in [0.25, 0.3) is 0 Å². The summed E-state index contributed by atoms with van der Waals surface area (Å²) >= 11 is 3.96. The molecule has 0 radical (unpaired) electrons. The van der Waals surface area contributed by atoms with Gasteiger partial charge in [0.15, 0.2) is 6.29 Å². The fourth-order valence-corrected chi connectivity index (χ4v) is 1.84. The second kappa shape index (κ2) is 5.47. The highest BCUT2D eigenvalue weighted by atomic mass is 32.1. The van der Waals surface area contributed by atoms with Crippen LogP contribution in [0.1, 0.15) is 13.8 Å². The van der Waals surface area contributed by atoms with Crippen molar-refractivity contribution in [1.29, 1.82) is 0 Å². The molecule has 0 spiro atoms. The van der Waals surface area contributed by atoms with Crippen LogP contribution < -0.4 is 0 Å². The highest BCUT2D eigenvalue weighted by Gasteiger charge is 2.44. The van der Waals surface area contributed by atoms with Gasteiger partial charge in [-0.2, -0.15) is 12.6 Å². The predicted octanol–water partition coefficient (Wildman–Crippen LogP) is -0.851. The van der Waals surface area contributed by atoms with Crippen molar-refractivity contribution in [2.24, 2.45) is 0 Å². The third-order valence-electron chi connectivity index (χ3n) is 2.27. The first-order valence-corrected chi connectivity index (χ1v) is 5.56. The van der Waals surface area contributed by atoms with Gasteiger partial charge < -0.3 is 24.8 Å². The highest BCUT2D eigenvalue weighted by Crippen LogP contribution is 2.23. The van der Waals surface area contributed by atoms with E-state index < -0.39 is 30.7 Å². The Morgan fingerprint density at radius 2 is 1.87 bits per heavy atom. The molecule has 15 heavy (non-hydrogen) atoms. The molecule has 6 heteroatoms. The molecule has 0 aromatic carbocycles. The Morgan fingerprint density at radius 3 is 2.33 bits per heavy atom. The first-order valence-electron chi connectivity index (χ1n) is 4.93. The smallest absolute Gasteiger partial charge is 0.184 e. The highest BCUT2D eigenvalue weighted by molar-refractivity contribution is 7.80. The molecular weight excluding hydrogens is 220 g/mol. The predicted molar refractivity (Wildman–Crippen MR) is 56.8 cm³/mol. The molecule has 5 nitrogen and oxygen atoms in total. The Balaban J connectivity index is 2.66. The van der Waals surface area contributed by atoms with Crippen LogP contribution >= 0.6 is 12.6 Å². The van der Waals surface area contributed by atoms with E-state index in [4.69, 9.17) is 9.47 Å². The van der Waals surface area contributed by atoms with Crippen LogP contribution in [0.4, 0.5) is 0 Å². The van der Waals surface area contributed by atoms with Gasteiger partial charge in [-0.3, -0.25) is 0 Å². The summed E-state index contributed by atoms with van der Waals surface area (Å²) < 4.78 is 10.3. The quantitative estimate of drug-likeness (QED) is 0.482. The van der Waals surface area contributed by atoms with Crippen molar-refractivity contribution in [1.82, 2.24) is 0 Å². The van der Waals surface area contributed by atoms with Gasteiger partial charge in [0.1, 0.15) is 18.3 Å². The lowest BCUT2D eigenvalue weighted by Gasteiger charge is -2.40. The Bertz CT molecular complexity index is 201. The van der Waals surface area contributed by atoms with Gasteiger partial charge in [0.05, 0.1) is 12.2 Å². The summed E-state index contributed by atoms with van der Waals surface area (Å²) in [6.45, 7) is 3.55. The molecule has 1 fully saturated rings. The third kappa shape index (κ3) is 3.05. The van der Waals surface area contributed by atoms with E-state index in [2.05, 4.69) is 12.6 Å². The lowest BCUT2D eigenvalue weighted by molar-refractivity contribution is -0.292. The molecule has 0 aromatic rings. The fraction of sp³-hybridized carbons (Fsp3) is 1.00. The molecule has 0 amide bonds. The Morgan fingerprint density at radius 1 is 1.27 bits per heavy atom. The van der Waals surface area contributed by atoms with Crippen molar-refractivity contribution < 1.29 is 24.8 Å². The molecular formula is C9H18O5S. The summed E-state index contributed by atoms with van der Waals surface area (Å²) in [5.41, 5.74) is 0. The summed E-state index contributed by atoms with van der Waals surface area (Å²) in [4.78, 5) is 0. The monoisotopic (exact) mass is 238 g/mol. The van der Waals surface area contributed by atoms with Gasteiger partial charge >= 0.3 is 0 Å². The largest absolute Gasteiger partial charge is 0.388 e. The van der Waals surface area contributed by atoms with Crippen molar-refractivity contribution in [2.75, 3.05) is 5.75 Å². The molecule has 90 valence electrons. The van der Waals surface area contributed by atoms with E-state index in [1.54, 1.807) is 13.8 Å². The average molecular weight is 238 g/mol. The van der Waals surface area contributed by atoms with Gasteiger partial charge in [-0.25, -0.2) is 0 Å². The summed E-state index contributed by atoms with van der Waals surface area (Å²) in [6, 6.07) is 0. The van der Waals surface area contributed by atoms with Crippen LogP contribution in [-0.2, 0) is 9.47 Å². The van der Waals surface area contributed by atoms with Crippen LogP contribution in [0.2, 0.25) is 0 Å². The van der Waals surface area contributed by atoms with Crippen LogP contribution in [0.15, 0.2) is 0 Å². The van der Waals surface area contributed by atoms with Crippen LogP contribution in [0.25, 0.3) is 0 Å². The van der Waals surface area contributed by atoms with Gasteiger partial charge in [-0.1, -0.05) is 0 Å². The topological polar surface area (TPSA) is 79.2 Å². The van der Waals surface area contributed by atoms with Gasteiger partial charge in [-0.05, 0) is 13.8 Å². The lowest BCUT2D eigenvalue weighted by atomic mass is 9.99. The van der Waals surface area contributed by atoms with E-state index in [-0.39, 0.29) is 11.9 Å². The van der Waals surface area contributed by atoms with Crippen LogP contribution in [-0.4, -0.2) is 57.9 Å². The maximum absolute atomic E-state index is 9.71. The van der Waals surface area contributed by atoms with Crippen molar-refractivity contribution >= 4 is 12.6 Å². The molecule has 0 bridgehead atoms. The van der Waals surface area contributed by atoms with Crippen LogP contribution in [0, 0.1) is 0 Å². The summed E-state index contributed by atoms with van der Waals surface area (Å²) in [7, 11) is 0. The molecule has 1 rings (SSSR count). The summed E-state index contributed by atoms with van der Waals surface area (Å²) in [5.74, 6) is 0.226. The number of aliphatic hydroxyl groups is 3. The average Bonchev–Trinajstić information content (AvgIpc) is 2.18. The summed E-state index contributed by atoms with van der Waals surface area (Å²) in [6.07, 6.45) is -5.24. The number of ether oxygens (including phenoxy) is 2. The number of hydrogen-bond acceptors (Lipinski definition) is 6. The SMILES string of the molecule is CC(C)O[C@H]1C(O)O[C@H](CS)[C@H](O)[C@@H]1O. The van der Waals surface area contributed by atoms with Crippen molar-refractivity contribution in [2.45, 2.75) is 50.7 Å². The second-order valence-corrected chi connectivity index (χ2v) is 4.24. The molecule has 1 unspecified atom stereocenters. The molecule has 5 atom stereocenters. The van der Waals surface area contributed by atoms with Gasteiger partial charge in [-0.15, -0.1) is 0 Å². The van der Waals surface area contributed by atoms with Crippen LogP contribution in [0.5, 0.6) is 0 Å². The normalized spacial score (nSPS) is 42.2. The Kier molecular flexibility index (Phi) is 4.82. The van der Waals surface area contributed by atoms with E-state index >= 15 is 0 Å². The number of aliphatic hydroxyl groups excluding tert-OH is 3. The minimum Gasteiger partial charge on any atom is -0.388 e. The maximum atomic E-state index is 9.71. The zero-order valence-corrected chi connectivity index (χ0v) is 9.67. The minimum absolute atomic E-state index is 0.164. The standard InChI is InChI=1S/C9H18O5S/c1-4(2)13-8-7(11)6(10)5(3-15)14-9(8)12/h4-12,15H,3H2,1-2H3/t5-,6+,7+,8-,9?/m1/s1. The van der Waals surface area contributed by atoms with Crippen LogP contribution in [0.3, 0.4) is 0 Å². The molecule has 0 aliphatic carbocycles. The summed E-state index contributed by atoms with van der Waals surface area (Å²) in [5, 5.41) is 28.9. The minimum atomic E-state index is -1.23. The molecule has 0 aromatic heterocycles. The molecule has 1 heterocycles. The van der Waals surface area contributed by atoms with Gasteiger partial charge in [0.2, 0.25) is 0 Å². The fourth-order valence-electron chi connectivity index (χ4n) is 1.53. The van der Waals surface area contributed by atoms with E-state index in [0.717, 1.165) is 0 Å². The molecule has 1 saturated heterocycles. The number of rotatable bonds is 3. The van der Waals surface area contributed by atoms with E-state index in [1.807, 2.05) is 0 Å². The van der Waals surface area contributed by atoms with Crippen molar-refractivity contribution in [3.05, 3.63) is 0 Å². The first kappa shape index (κ1) is 13.2. The number of thiol groups is 1. The van der Waals surface area contributed by atoms with Gasteiger partial charge in [0, 0.05) is 5.75 Å². The number of hydrogen-bond donors (Lipinski definition) is 4. The van der Waals surface area contributed by atoms with Crippen molar-refractivity contribution in [3.63, 3.8) is 0 Å². The molecule has 3 N–H and O–H groups in total. The second-order valence-electron chi connectivity index (χ2n) is 3.88. The third-order valence-corrected chi connectivity index (χ3v) is 2.63. The molecule has 0 saturated carbocycles. The molecule has 1 aliphatic heterocycles. The van der Waals surface area contributed by atoms with E-state index in [0.29, 0.717) is 0 Å². The van der Waals surface area contributed by atoms with E-state index in [1.165, 1.54) is 0 Å². The molecule has 1 aliphatic rings. The zero-order valence-electron chi connectivity index (χ0n) is 8.78. The maximum Gasteiger partial charge on any atom is 0.184 e. The Hall–Kier alpha value is 0.150. The van der Waals surface area contributed by atoms with Crippen molar-refractivity contribution in [3.8, 4) is 0 Å². The zero-order chi connectivity index (χ0) is 11.6. The Labute approximate surface area is 94.4 Å². The first-order chi connectivity index (χ1) is 6.97. The van der Waals surface area contributed by atoms with E-state index in [9.17, 15) is 15.3 Å².